The molecule has 0 unspecified atom stereocenters. The topological polar surface area (TPSA) is 3.24 Å². The molecule has 2 heteroatoms. The van der Waals surface area contributed by atoms with E-state index in [9.17, 15) is 0 Å². The van der Waals surface area contributed by atoms with Crippen LogP contribution < -0.4 is 0 Å². The zero-order valence-electron chi connectivity index (χ0n) is 9.47. The summed E-state index contributed by atoms with van der Waals surface area (Å²) < 4.78 is 0. The molecule has 0 bridgehead atoms. The second-order valence-electron chi connectivity index (χ2n) is 5.13. The van der Waals surface area contributed by atoms with Crippen LogP contribution in [0.3, 0.4) is 0 Å². The van der Waals surface area contributed by atoms with Crippen molar-refractivity contribution in [2.24, 2.45) is 0 Å². The van der Waals surface area contributed by atoms with Crippen LogP contribution in [0.4, 0.5) is 0 Å². The third-order valence-corrected chi connectivity index (χ3v) is 2.04. The first-order chi connectivity index (χ1) is 5.07. The molecule has 0 saturated heterocycles. The van der Waals surface area contributed by atoms with Crippen LogP contribution in [0.15, 0.2) is 0 Å². The van der Waals surface area contributed by atoms with Crippen LogP contribution in [0.1, 0.15) is 48.5 Å². The Morgan fingerprint density at radius 1 is 1.00 bits per heavy atom. The summed E-state index contributed by atoms with van der Waals surface area (Å²) in [6, 6.07) is 0.525. The van der Waals surface area contributed by atoms with E-state index < -0.39 is 0 Å². The number of hydrogen-bond donors (Lipinski definition) is 1. The molecule has 0 spiro atoms. The van der Waals surface area contributed by atoms with Gasteiger partial charge in [-0.2, -0.15) is 12.6 Å². The fourth-order valence-electron chi connectivity index (χ4n) is 2.23. The van der Waals surface area contributed by atoms with Crippen molar-refractivity contribution in [2.75, 3.05) is 0 Å². The summed E-state index contributed by atoms with van der Waals surface area (Å²) in [6.07, 6.45) is 0. The van der Waals surface area contributed by atoms with E-state index >= 15 is 0 Å². The summed E-state index contributed by atoms with van der Waals surface area (Å²) in [4.78, 5) is 2.36. The highest BCUT2D eigenvalue weighted by atomic mass is 32.1. The van der Waals surface area contributed by atoms with Gasteiger partial charge in [-0.15, -0.1) is 0 Å². The van der Waals surface area contributed by atoms with Crippen molar-refractivity contribution >= 4 is 12.6 Å². The molecule has 1 nitrogen and oxygen atoms in total. The van der Waals surface area contributed by atoms with E-state index in [0.717, 1.165) is 0 Å². The molecule has 0 radical (unpaired) electrons. The first kappa shape index (κ1) is 12.3. The van der Waals surface area contributed by atoms with Crippen molar-refractivity contribution in [3.63, 3.8) is 0 Å². The standard InChI is InChI=1S/C10H23NS/c1-8(2)11(9(3,4)5)10(6,7)12/h8,12H,1-7H3. The molecule has 0 heterocycles. The van der Waals surface area contributed by atoms with E-state index in [4.69, 9.17) is 0 Å². The fourth-order valence-corrected chi connectivity index (χ4v) is 2.76. The molecule has 0 aliphatic heterocycles. The van der Waals surface area contributed by atoms with Crippen LogP contribution in [0.5, 0.6) is 0 Å². The van der Waals surface area contributed by atoms with Gasteiger partial charge in [-0.05, 0) is 48.5 Å². The quantitative estimate of drug-likeness (QED) is 0.516. The third-order valence-electron chi connectivity index (χ3n) is 1.83. The average Bonchev–Trinajstić information content (AvgIpc) is 1.49. The van der Waals surface area contributed by atoms with Gasteiger partial charge in [0.2, 0.25) is 0 Å². The molecule has 0 fully saturated rings. The lowest BCUT2D eigenvalue weighted by molar-refractivity contribution is 0.0478. The van der Waals surface area contributed by atoms with Gasteiger partial charge < -0.3 is 0 Å². The summed E-state index contributed by atoms with van der Waals surface area (Å²) in [5.41, 5.74) is 0.180. The Balaban J connectivity index is 4.70. The van der Waals surface area contributed by atoms with Crippen LogP contribution in [0, 0.1) is 0 Å². The van der Waals surface area contributed by atoms with Gasteiger partial charge in [-0.25, -0.2) is 0 Å². The highest BCUT2D eigenvalue weighted by molar-refractivity contribution is 7.81. The van der Waals surface area contributed by atoms with Crippen molar-refractivity contribution in [2.45, 2.75) is 64.9 Å². The van der Waals surface area contributed by atoms with Crippen molar-refractivity contribution in [3.05, 3.63) is 0 Å². The summed E-state index contributed by atoms with van der Waals surface area (Å²) in [5, 5.41) is 0. The van der Waals surface area contributed by atoms with Crippen LogP contribution in [0.2, 0.25) is 0 Å². The molecule has 74 valence electrons. The van der Waals surface area contributed by atoms with Gasteiger partial charge in [0.05, 0.1) is 4.87 Å². The van der Waals surface area contributed by atoms with Gasteiger partial charge >= 0.3 is 0 Å². The Kier molecular flexibility index (Phi) is 3.68. The molecule has 0 saturated carbocycles. The molecule has 0 aromatic rings. The lowest BCUT2D eigenvalue weighted by Gasteiger charge is -2.47. The summed E-state index contributed by atoms with van der Waals surface area (Å²) >= 11 is 4.61. The van der Waals surface area contributed by atoms with Gasteiger partial charge in [0.25, 0.3) is 0 Å². The minimum Gasteiger partial charge on any atom is -0.282 e. The molecule has 0 N–H and O–H groups in total. The molecule has 0 aliphatic carbocycles. The molecule has 0 aromatic carbocycles. The number of thiol groups is 1. The van der Waals surface area contributed by atoms with Crippen molar-refractivity contribution < 1.29 is 0 Å². The maximum atomic E-state index is 4.61. The molecular formula is C10H23NS. The molecule has 0 aliphatic rings. The highest BCUT2D eigenvalue weighted by Gasteiger charge is 2.33. The SMILES string of the molecule is CC(C)N(C(C)(C)C)C(C)(C)S. The van der Waals surface area contributed by atoms with Crippen LogP contribution in [-0.4, -0.2) is 21.4 Å². The lowest BCUT2D eigenvalue weighted by Crippen LogP contribution is -2.54. The van der Waals surface area contributed by atoms with E-state index in [2.05, 4.69) is 66.0 Å². The van der Waals surface area contributed by atoms with Crippen molar-refractivity contribution in [3.8, 4) is 0 Å². The molecule has 0 rings (SSSR count). The van der Waals surface area contributed by atoms with E-state index in [1.165, 1.54) is 0 Å². The fraction of sp³-hybridized carbons (Fsp3) is 1.00. The lowest BCUT2D eigenvalue weighted by atomic mass is 10.0. The summed E-state index contributed by atoms with van der Waals surface area (Å²) in [7, 11) is 0. The van der Waals surface area contributed by atoms with E-state index in [1.54, 1.807) is 0 Å². The monoisotopic (exact) mass is 189 g/mol. The minimum atomic E-state index is -0.0492. The summed E-state index contributed by atoms with van der Waals surface area (Å²) in [6.45, 7) is 15.4. The Morgan fingerprint density at radius 2 is 1.33 bits per heavy atom. The molecule has 0 aromatic heterocycles. The van der Waals surface area contributed by atoms with Gasteiger partial charge in [0.15, 0.2) is 0 Å². The zero-order chi connectivity index (χ0) is 10.2. The number of hydrogen-bond acceptors (Lipinski definition) is 2. The van der Waals surface area contributed by atoms with Crippen LogP contribution >= 0.6 is 12.6 Å². The van der Waals surface area contributed by atoms with Crippen LogP contribution in [-0.2, 0) is 0 Å². The normalized spacial score (nSPS) is 14.5. The molecule has 12 heavy (non-hydrogen) atoms. The maximum Gasteiger partial charge on any atom is 0.0590 e. The largest absolute Gasteiger partial charge is 0.282 e. The van der Waals surface area contributed by atoms with Gasteiger partial charge in [-0.3, -0.25) is 4.90 Å². The Hall–Kier alpha value is 0.310. The van der Waals surface area contributed by atoms with E-state index in [0.29, 0.717) is 6.04 Å². The second-order valence-corrected chi connectivity index (χ2v) is 6.22. The average molecular weight is 189 g/mol. The van der Waals surface area contributed by atoms with Crippen molar-refractivity contribution in [1.29, 1.82) is 0 Å². The van der Waals surface area contributed by atoms with Gasteiger partial charge in [0, 0.05) is 11.6 Å². The third kappa shape index (κ3) is 3.36. The van der Waals surface area contributed by atoms with Gasteiger partial charge in [0.1, 0.15) is 0 Å². The van der Waals surface area contributed by atoms with E-state index in [1.807, 2.05) is 0 Å². The highest BCUT2D eigenvalue weighted by Crippen LogP contribution is 2.29. The number of nitrogens with zero attached hydrogens (tertiary/aromatic N) is 1. The summed E-state index contributed by atoms with van der Waals surface area (Å²) in [5.74, 6) is 0. The first-order valence-electron chi connectivity index (χ1n) is 4.58. The zero-order valence-corrected chi connectivity index (χ0v) is 10.4. The molecule has 0 amide bonds. The Labute approximate surface area is 82.9 Å². The van der Waals surface area contributed by atoms with Gasteiger partial charge in [-0.1, -0.05) is 0 Å². The Morgan fingerprint density at radius 3 is 1.33 bits per heavy atom. The predicted molar refractivity (Wildman–Crippen MR) is 59.8 cm³/mol. The maximum absolute atomic E-state index is 4.61. The second kappa shape index (κ2) is 3.59. The minimum absolute atomic E-state index is 0.0492. The van der Waals surface area contributed by atoms with Crippen LogP contribution in [0.25, 0.3) is 0 Å². The van der Waals surface area contributed by atoms with Crippen molar-refractivity contribution in [1.82, 2.24) is 4.90 Å². The molecule has 0 atom stereocenters. The molecular weight excluding hydrogens is 166 g/mol. The first-order valence-corrected chi connectivity index (χ1v) is 5.03. The number of rotatable bonds is 2. The van der Waals surface area contributed by atoms with E-state index in [-0.39, 0.29) is 10.4 Å². The smallest absolute Gasteiger partial charge is 0.0590 e. The predicted octanol–water partition coefficient (Wildman–Crippen LogP) is 3.16. The Bertz CT molecular complexity index is 125.